The highest BCUT2D eigenvalue weighted by molar-refractivity contribution is 5.32. The molecule has 2 heterocycles. The Labute approximate surface area is 112 Å². The van der Waals surface area contributed by atoms with Gasteiger partial charge in [-0.05, 0) is 0 Å². The Balaban J connectivity index is 2.25. The van der Waals surface area contributed by atoms with Crippen LogP contribution < -0.4 is 10.5 Å². The van der Waals surface area contributed by atoms with E-state index in [-0.39, 0.29) is 18.8 Å². The van der Waals surface area contributed by atoms with Crippen LogP contribution in [0.5, 0.6) is 5.88 Å². The smallest absolute Gasteiger partial charge is 0.423 e. The van der Waals surface area contributed by atoms with E-state index in [4.69, 9.17) is 15.2 Å². The summed E-state index contributed by atoms with van der Waals surface area (Å²) in [6, 6.07) is 0. The summed E-state index contributed by atoms with van der Waals surface area (Å²) in [5.74, 6) is -0.997. The largest absolute Gasteiger partial charge is 0.471 e. The first-order valence-electron chi connectivity index (χ1n) is 6.00. The highest BCUT2D eigenvalue weighted by Gasteiger charge is 2.37. The lowest BCUT2D eigenvalue weighted by Crippen LogP contribution is -2.32. The highest BCUT2D eigenvalue weighted by atomic mass is 19.4. The third-order valence-electron chi connectivity index (χ3n) is 2.87. The molecular formula is C11H14F3N3O3. The number of hydrogen-bond donors (Lipinski definition) is 2. The molecule has 9 heteroatoms. The molecule has 1 fully saturated rings. The Morgan fingerprint density at radius 1 is 1.35 bits per heavy atom. The van der Waals surface area contributed by atoms with Crippen molar-refractivity contribution in [3.63, 3.8) is 0 Å². The summed E-state index contributed by atoms with van der Waals surface area (Å²) < 4.78 is 48.8. The number of nitrogens with zero attached hydrogens (tertiary/aromatic N) is 2. The summed E-state index contributed by atoms with van der Waals surface area (Å²) in [5.41, 5.74) is 4.16. The standard InChI is InChI=1S/C11H14F3N3O3/c12-11(13,14)6-5-16-10(15)17-9(6)20-8-2-4-19-3-1-7(8)18/h5,7-8,18H,1-4H2,(H2,15,16,17)/t7-,8+/m1/s1. The number of rotatable bonds is 2. The van der Waals surface area contributed by atoms with Crippen molar-refractivity contribution >= 4 is 5.95 Å². The van der Waals surface area contributed by atoms with Crippen molar-refractivity contribution in [2.24, 2.45) is 0 Å². The zero-order chi connectivity index (χ0) is 14.8. The normalized spacial score (nSPS) is 24.2. The SMILES string of the molecule is Nc1ncc(C(F)(F)F)c(O[C@H]2CCOCC[C@H]2O)n1. The molecule has 2 atom stereocenters. The molecule has 1 aliphatic heterocycles. The molecule has 3 N–H and O–H groups in total. The number of ether oxygens (including phenoxy) is 2. The number of nitrogen functional groups attached to an aromatic ring is 1. The van der Waals surface area contributed by atoms with Crippen molar-refractivity contribution in [3.05, 3.63) is 11.8 Å². The average Bonchev–Trinajstić information content (AvgIpc) is 2.53. The van der Waals surface area contributed by atoms with Gasteiger partial charge in [-0.2, -0.15) is 18.2 Å². The predicted octanol–water partition coefficient (Wildman–Crippen LogP) is 0.996. The second kappa shape index (κ2) is 5.80. The van der Waals surface area contributed by atoms with E-state index >= 15 is 0 Å². The molecule has 1 saturated heterocycles. The van der Waals surface area contributed by atoms with Crippen LogP contribution in [0.4, 0.5) is 19.1 Å². The predicted molar refractivity (Wildman–Crippen MR) is 61.9 cm³/mol. The van der Waals surface area contributed by atoms with Crippen LogP contribution in [0.2, 0.25) is 0 Å². The quantitative estimate of drug-likeness (QED) is 0.845. The van der Waals surface area contributed by atoms with E-state index in [1.54, 1.807) is 0 Å². The Bertz CT molecular complexity index is 470. The van der Waals surface area contributed by atoms with E-state index in [9.17, 15) is 18.3 Å². The van der Waals surface area contributed by atoms with Crippen molar-refractivity contribution in [1.82, 2.24) is 9.97 Å². The lowest BCUT2D eigenvalue weighted by atomic mass is 10.1. The number of hydrogen-bond acceptors (Lipinski definition) is 6. The van der Waals surface area contributed by atoms with Gasteiger partial charge in [0.2, 0.25) is 11.8 Å². The number of anilines is 1. The van der Waals surface area contributed by atoms with E-state index in [2.05, 4.69) is 9.97 Å². The van der Waals surface area contributed by atoms with Crippen LogP contribution in [0.25, 0.3) is 0 Å². The Morgan fingerprint density at radius 2 is 2.05 bits per heavy atom. The summed E-state index contributed by atoms with van der Waals surface area (Å²) in [5, 5.41) is 9.81. The van der Waals surface area contributed by atoms with Crippen LogP contribution in [0, 0.1) is 0 Å². The Morgan fingerprint density at radius 3 is 2.75 bits per heavy atom. The van der Waals surface area contributed by atoms with Gasteiger partial charge in [0.25, 0.3) is 0 Å². The fourth-order valence-electron chi connectivity index (χ4n) is 1.83. The first-order chi connectivity index (χ1) is 9.38. The Kier molecular flexibility index (Phi) is 4.29. The average molecular weight is 293 g/mol. The molecule has 0 saturated carbocycles. The summed E-state index contributed by atoms with van der Waals surface area (Å²) in [6.45, 7) is 0.628. The van der Waals surface area contributed by atoms with Crippen molar-refractivity contribution in [3.8, 4) is 5.88 Å². The number of nitrogens with two attached hydrogens (primary N) is 1. The van der Waals surface area contributed by atoms with E-state index in [0.717, 1.165) is 0 Å². The number of halogens is 3. The van der Waals surface area contributed by atoms with Gasteiger partial charge in [0.15, 0.2) is 0 Å². The van der Waals surface area contributed by atoms with Gasteiger partial charge in [-0.25, -0.2) is 4.98 Å². The van der Waals surface area contributed by atoms with Gasteiger partial charge < -0.3 is 20.3 Å². The molecule has 6 nitrogen and oxygen atoms in total. The summed E-state index contributed by atoms with van der Waals surface area (Å²) in [7, 11) is 0. The van der Waals surface area contributed by atoms with Gasteiger partial charge in [-0.1, -0.05) is 0 Å². The lowest BCUT2D eigenvalue weighted by Gasteiger charge is -2.22. The molecule has 112 valence electrons. The first kappa shape index (κ1) is 14.8. The van der Waals surface area contributed by atoms with Crippen LogP contribution >= 0.6 is 0 Å². The van der Waals surface area contributed by atoms with Crippen LogP contribution in [-0.4, -0.2) is 40.5 Å². The lowest BCUT2D eigenvalue weighted by molar-refractivity contribution is -0.140. The van der Waals surface area contributed by atoms with Crippen LogP contribution in [0.3, 0.4) is 0 Å². The van der Waals surface area contributed by atoms with E-state index < -0.39 is 29.8 Å². The highest BCUT2D eigenvalue weighted by Crippen LogP contribution is 2.35. The van der Waals surface area contributed by atoms with Gasteiger partial charge in [-0.3, -0.25) is 0 Å². The van der Waals surface area contributed by atoms with Crippen LogP contribution in [0.15, 0.2) is 6.20 Å². The molecule has 1 aromatic heterocycles. The van der Waals surface area contributed by atoms with E-state index in [0.29, 0.717) is 19.4 Å². The molecule has 0 bridgehead atoms. The molecule has 1 aromatic rings. The zero-order valence-corrected chi connectivity index (χ0v) is 10.4. The maximum absolute atomic E-state index is 12.8. The summed E-state index contributed by atoms with van der Waals surface area (Å²) in [4.78, 5) is 6.79. The van der Waals surface area contributed by atoms with Crippen molar-refractivity contribution < 1.29 is 27.8 Å². The van der Waals surface area contributed by atoms with Crippen molar-refractivity contribution in [2.45, 2.75) is 31.2 Å². The molecule has 0 aliphatic carbocycles. The fraction of sp³-hybridized carbons (Fsp3) is 0.636. The third kappa shape index (κ3) is 3.48. The maximum Gasteiger partial charge on any atom is 0.423 e. The van der Waals surface area contributed by atoms with Gasteiger partial charge in [0, 0.05) is 25.6 Å². The monoisotopic (exact) mass is 293 g/mol. The van der Waals surface area contributed by atoms with Gasteiger partial charge in [0.1, 0.15) is 11.7 Å². The maximum atomic E-state index is 12.8. The van der Waals surface area contributed by atoms with E-state index in [1.165, 1.54) is 0 Å². The summed E-state index contributed by atoms with van der Waals surface area (Å²) >= 11 is 0. The molecule has 1 aliphatic rings. The number of aromatic nitrogens is 2. The van der Waals surface area contributed by atoms with Gasteiger partial charge in [-0.15, -0.1) is 0 Å². The first-order valence-corrected chi connectivity index (χ1v) is 6.00. The topological polar surface area (TPSA) is 90.5 Å². The fourth-order valence-corrected chi connectivity index (χ4v) is 1.83. The van der Waals surface area contributed by atoms with E-state index in [1.807, 2.05) is 0 Å². The minimum Gasteiger partial charge on any atom is -0.471 e. The van der Waals surface area contributed by atoms with Crippen LogP contribution in [-0.2, 0) is 10.9 Å². The second-order valence-electron chi connectivity index (χ2n) is 4.36. The van der Waals surface area contributed by atoms with Gasteiger partial charge >= 0.3 is 6.18 Å². The number of aliphatic hydroxyl groups excluding tert-OH is 1. The van der Waals surface area contributed by atoms with Crippen molar-refractivity contribution in [2.75, 3.05) is 18.9 Å². The summed E-state index contributed by atoms with van der Waals surface area (Å²) in [6.07, 6.45) is -5.29. The molecule has 20 heavy (non-hydrogen) atoms. The molecule has 0 amide bonds. The third-order valence-corrected chi connectivity index (χ3v) is 2.87. The molecular weight excluding hydrogens is 279 g/mol. The second-order valence-corrected chi connectivity index (χ2v) is 4.36. The Hall–Kier alpha value is -1.61. The molecule has 0 radical (unpaired) electrons. The minimum atomic E-state index is -4.66. The van der Waals surface area contributed by atoms with Gasteiger partial charge in [0.05, 0.1) is 12.7 Å². The number of aliphatic hydroxyl groups is 1. The zero-order valence-electron chi connectivity index (χ0n) is 10.4. The molecule has 0 spiro atoms. The molecule has 2 rings (SSSR count). The number of alkyl halides is 3. The molecule has 0 unspecified atom stereocenters. The van der Waals surface area contributed by atoms with Crippen molar-refractivity contribution in [1.29, 1.82) is 0 Å². The minimum absolute atomic E-state index is 0.266. The van der Waals surface area contributed by atoms with Crippen LogP contribution in [0.1, 0.15) is 18.4 Å². The molecule has 0 aromatic carbocycles.